The topological polar surface area (TPSA) is 93.4 Å². The third-order valence-corrected chi connectivity index (χ3v) is 3.57. The van der Waals surface area contributed by atoms with Crippen molar-refractivity contribution in [1.29, 1.82) is 0 Å². The number of methoxy groups -OCH3 is 1. The predicted molar refractivity (Wildman–Crippen MR) is 76.7 cm³/mol. The average Bonchev–Trinajstić information content (AvgIpc) is 2.86. The van der Waals surface area contributed by atoms with E-state index in [-0.39, 0.29) is 24.5 Å². The Bertz CT molecular complexity index is 555. The Morgan fingerprint density at radius 3 is 2.87 bits per heavy atom. The summed E-state index contributed by atoms with van der Waals surface area (Å²) in [5, 5.41) is 2.31. The fraction of sp³-hybridized carbons (Fsp3) is 0.615. The number of nitrogens with one attached hydrogen (secondary N) is 1. The number of hydrogen-bond donors (Lipinski definition) is 2. The van der Waals surface area contributed by atoms with Gasteiger partial charge in [0.05, 0.1) is 12.1 Å². The maximum absolute atomic E-state index is 12.2. The number of nitrogens with zero attached hydrogens (tertiary/aromatic N) is 3. The lowest BCUT2D eigenvalue weighted by Gasteiger charge is -2.25. The fourth-order valence-corrected chi connectivity index (χ4v) is 2.51. The number of amides is 1. The molecule has 1 aromatic rings. The zero-order valence-electron chi connectivity index (χ0n) is 12.5. The first-order chi connectivity index (χ1) is 10.8. The van der Waals surface area contributed by atoms with Crippen molar-refractivity contribution in [3.05, 3.63) is 12.4 Å². The van der Waals surface area contributed by atoms with Gasteiger partial charge in [-0.1, -0.05) is 0 Å². The summed E-state index contributed by atoms with van der Waals surface area (Å²) in [4.78, 5) is 21.1. The molecule has 10 heteroatoms. The summed E-state index contributed by atoms with van der Waals surface area (Å²) in [7, 11) is 1.56. The minimum absolute atomic E-state index is 0.0681. The van der Waals surface area contributed by atoms with Crippen LogP contribution in [0.3, 0.4) is 0 Å². The summed E-state index contributed by atoms with van der Waals surface area (Å²) < 4.78 is 41.9. The van der Waals surface area contributed by atoms with Gasteiger partial charge < -0.3 is 20.7 Å². The van der Waals surface area contributed by atoms with Crippen LogP contribution >= 0.6 is 0 Å². The quantitative estimate of drug-likeness (QED) is 0.825. The zero-order chi connectivity index (χ0) is 17.0. The first kappa shape index (κ1) is 17.3. The van der Waals surface area contributed by atoms with Crippen LogP contribution in [0, 0.1) is 0 Å². The van der Waals surface area contributed by atoms with E-state index >= 15 is 0 Å². The van der Waals surface area contributed by atoms with Crippen LogP contribution in [0.15, 0.2) is 12.4 Å². The number of anilines is 2. The van der Waals surface area contributed by atoms with Gasteiger partial charge in [0.2, 0.25) is 5.91 Å². The molecule has 3 N–H and O–H groups in total. The van der Waals surface area contributed by atoms with E-state index in [1.54, 1.807) is 13.2 Å². The van der Waals surface area contributed by atoms with Gasteiger partial charge in [-0.25, -0.2) is 9.97 Å². The van der Waals surface area contributed by atoms with Crippen molar-refractivity contribution in [1.82, 2.24) is 15.3 Å². The maximum Gasteiger partial charge on any atom is 0.397 e. The molecular weight excluding hydrogens is 315 g/mol. The van der Waals surface area contributed by atoms with Gasteiger partial charge in [-0.15, -0.1) is 0 Å². The SMILES string of the molecule is CO[C@@H]1C[C@H](CNC(=O)CC(F)(F)F)N(c2cc(N)ncn2)C1. The van der Waals surface area contributed by atoms with Crippen LogP contribution in [-0.4, -0.2) is 54.4 Å². The second kappa shape index (κ2) is 6.99. The molecule has 1 aliphatic rings. The molecule has 1 fully saturated rings. The van der Waals surface area contributed by atoms with Crippen molar-refractivity contribution in [2.75, 3.05) is 30.8 Å². The highest BCUT2D eigenvalue weighted by Gasteiger charge is 2.35. The van der Waals surface area contributed by atoms with Gasteiger partial charge >= 0.3 is 6.18 Å². The van der Waals surface area contributed by atoms with E-state index in [1.807, 2.05) is 4.90 Å². The van der Waals surface area contributed by atoms with Crippen molar-refractivity contribution < 1.29 is 22.7 Å². The Kier molecular flexibility index (Phi) is 5.24. The third kappa shape index (κ3) is 4.95. The lowest BCUT2D eigenvalue weighted by molar-refractivity contribution is -0.153. The summed E-state index contributed by atoms with van der Waals surface area (Å²) in [5.41, 5.74) is 5.63. The largest absolute Gasteiger partial charge is 0.397 e. The second-order valence-corrected chi connectivity index (χ2v) is 5.30. The van der Waals surface area contributed by atoms with Crippen LogP contribution in [0.1, 0.15) is 12.8 Å². The summed E-state index contributed by atoms with van der Waals surface area (Å²) in [6.45, 7) is 0.575. The van der Waals surface area contributed by atoms with E-state index in [4.69, 9.17) is 10.5 Å². The van der Waals surface area contributed by atoms with Gasteiger partial charge in [0.15, 0.2) is 0 Å². The number of alkyl halides is 3. The lowest BCUT2D eigenvalue weighted by atomic mass is 10.2. The van der Waals surface area contributed by atoms with Gasteiger partial charge in [0, 0.05) is 26.3 Å². The molecule has 0 spiro atoms. The molecule has 2 atom stereocenters. The van der Waals surface area contributed by atoms with Gasteiger partial charge in [0.1, 0.15) is 24.4 Å². The highest BCUT2D eigenvalue weighted by Crippen LogP contribution is 2.26. The summed E-state index contributed by atoms with van der Waals surface area (Å²) in [5.74, 6) is -0.219. The molecule has 128 valence electrons. The number of carbonyl (C=O) groups excluding carboxylic acids is 1. The number of nitrogens with two attached hydrogens (primary N) is 1. The third-order valence-electron chi connectivity index (χ3n) is 3.57. The number of carbonyl (C=O) groups is 1. The maximum atomic E-state index is 12.2. The minimum Gasteiger partial charge on any atom is -0.384 e. The van der Waals surface area contributed by atoms with Crippen LogP contribution < -0.4 is 16.0 Å². The molecule has 23 heavy (non-hydrogen) atoms. The second-order valence-electron chi connectivity index (χ2n) is 5.30. The molecule has 0 unspecified atom stereocenters. The standard InChI is InChI=1S/C13H18F3N5O2/c1-23-9-2-8(5-18-12(22)4-13(14,15)16)21(6-9)11-3-10(17)19-7-20-11/h3,7-9H,2,4-6H2,1H3,(H,18,22)(H2,17,19,20)/t8-,9-/m1/s1. The Morgan fingerprint density at radius 2 is 2.26 bits per heavy atom. The Hall–Kier alpha value is -2.10. The summed E-state index contributed by atoms with van der Waals surface area (Å²) in [6.07, 6.45) is -4.24. The highest BCUT2D eigenvalue weighted by atomic mass is 19.4. The van der Waals surface area contributed by atoms with E-state index in [9.17, 15) is 18.0 Å². The van der Waals surface area contributed by atoms with Crippen molar-refractivity contribution in [3.63, 3.8) is 0 Å². The molecule has 1 saturated heterocycles. The smallest absolute Gasteiger partial charge is 0.384 e. The highest BCUT2D eigenvalue weighted by molar-refractivity contribution is 5.76. The number of hydrogen-bond acceptors (Lipinski definition) is 6. The van der Waals surface area contributed by atoms with E-state index in [0.717, 1.165) is 0 Å². The molecule has 1 aromatic heterocycles. The van der Waals surface area contributed by atoms with E-state index in [1.165, 1.54) is 6.33 Å². The predicted octanol–water partition coefficient (Wildman–Crippen LogP) is 0.721. The number of ether oxygens (including phenoxy) is 1. The number of halogens is 3. The van der Waals surface area contributed by atoms with Gasteiger partial charge in [-0.2, -0.15) is 13.2 Å². The molecule has 1 amide bonds. The van der Waals surface area contributed by atoms with Crippen LogP contribution in [0.4, 0.5) is 24.8 Å². The molecule has 7 nitrogen and oxygen atoms in total. The van der Waals surface area contributed by atoms with Crippen molar-refractivity contribution in [2.24, 2.45) is 0 Å². The van der Waals surface area contributed by atoms with Crippen LogP contribution in [0.25, 0.3) is 0 Å². The molecule has 0 aliphatic carbocycles. The van der Waals surface area contributed by atoms with E-state index in [0.29, 0.717) is 18.8 Å². The lowest BCUT2D eigenvalue weighted by Crippen LogP contribution is -2.41. The average molecular weight is 333 g/mol. The first-order valence-corrected chi connectivity index (χ1v) is 6.99. The molecule has 0 saturated carbocycles. The Morgan fingerprint density at radius 1 is 1.52 bits per heavy atom. The zero-order valence-corrected chi connectivity index (χ0v) is 12.5. The van der Waals surface area contributed by atoms with E-state index in [2.05, 4.69) is 15.3 Å². The van der Waals surface area contributed by atoms with Crippen molar-refractivity contribution >= 4 is 17.5 Å². The molecular formula is C13H18F3N5O2. The molecule has 0 aromatic carbocycles. The van der Waals surface area contributed by atoms with Crippen LogP contribution in [-0.2, 0) is 9.53 Å². The minimum atomic E-state index is -4.52. The molecule has 2 rings (SSSR count). The van der Waals surface area contributed by atoms with Crippen molar-refractivity contribution in [3.8, 4) is 0 Å². The first-order valence-electron chi connectivity index (χ1n) is 6.99. The van der Waals surface area contributed by atoms with Gasteiger partial charge in [-0.05, 0) is 6.42 Å². The van der Waals surface area contributed by atoms with Gasteiger partial charge in [0.25, 0.3) is 0 Å². The van der Waals surface area contributed by atoms with Crippen LogP contribution in [0.5, 0.6) is 0 Å². The fourth-order valence-electron chi connectivity index (χ4n) is 2.51. The monoisotopic (exact) mass is 333 g/mol. The Balaban J connectivity index is 2.01. The number of nitrogen functional groups attached to an aromatic ring is 1. The van der Waals surface area contributed by atoms with Gasteiger partial charge in [-0.3, -0.25) is 4.79 Å². The Labute approximate surface area is 131 Å². The molecule has 1 aliphatic heterocycles. The molecule has 0 radical (unpaired) electrons. The normalized spacial score (nSPS) is 21.5. The number of rotatable bonds is 5. The van der Waals surface area contributed by atoms with Crippen LogP contribution in [0.2, 0.25) is 0 Å². The van der Waals surface area contributed by atoms with Crippen molar-refractivity contribution in [2.45, 2.75) is 31.2 Å². The summed E-state index contributed by atoms with van der Waals surface area (Å²) in [6, 6.07) is 1.34. The number of aromatic nitrogens is 2. The summed E-state index contributed by atoms with van der Waals surface area (Å²) >= 11 is 0. The molecule has 0 bridgehead atoms. The molecule has 2 heterocycles. The van der Waals surface area contributed by atoms with E-state index < -0.39 is 18.5 Å².